The summed E-state index contributed by atoms with van der Waals surface area (Å²) in [7, 11) is 0. The number of furan rings is 1. The topological polar surface area (TPSA) is 26.0 Å². The molecule has 4 aromatic carbocycles. The van der Waals surface area contributed by atoms with Crippen molar-refractivity contribution in [2.75, 3.05) is 0 Å². The Bertz CT molecular complexity index is 1830. The molecule has 176 valence electrons. The third-order valence-corrected chi connectivity index (χ3v) is 14.4. The molecule has 4 heteroatoms. The van der Waals surface area contributed by atoms with E-state index in [9.17, 15) is 4.39 Å². The van der Waals surface area contributed by atoms with Crippen molar-refractivity contribution in [3.05, 3.63) is 115 Å². The molecule has 2 aromatic heterocycles. The molecule has 0 saturated heterocycles. The zero-order valence-electron chi connectivity index (χ0n) is 23.0. The maximum absolute atomic E-state index is 13.7. The molecule has 0 bridgehead atoms. The van der Waals surface area contributed by atoms with Gasteiger partial charge in [-0.2, -0.15) is 0 Å². The summed E-state index contributed by atoms with van der Waals surface area (Å²) < 4.78 is 46.6. The van der Waals surface area contributed by atoms with E-state index < -0.39 is 20.1 Å². The number of aryl methyl sites for hydroxylation is 1. The van der Waals surface area contributed by atoms with Crippen LogP contribution in [0.15, 0.2) is 108 Å². The Kier molecular flexibility index (Phi) is 4.74. The molecule has 2 heterocycles. The van der Waals surface area contributed by atoms with E-state index in [-0.39, 0.29) is 11.4 Å². The molecule has 0 atom stereocenters. The van der Waals surface area contributed by atoms with Gasteiger partial charge in [0.25, 0.3) is 0 Å². The second-order valence-corrected chi connectivity index (χ2v) is 18.8. The van der Waals surface area contributed by atoms with Crippen LogP contribution in [0.4, 0.5) is 4.39 Å². The average Bonchev–Trinajstić information content (AvgIpc) is 3.31. The van der Waals surface area contributed by atoms with Crippen molar-refractivity contribution in [2.45, 2.75) is 18.4 Å². The monoisotopic (exact) mass is 536 g/mol. The Balaban J connectivity index is 1.53. The average molecular weight is 535 g/mol. The van der Waals surface area contributed by atoms with Crippen molar-refractivity contribution in [3.63, 3.8) is 0 Å². The third kappa shape index (κ3) is 3.84. The normalized spacial score (nSPS) is 13.5. The number of pyridine rings is 1. The van der Waals surface area contributed by atoms with Gasteiger partial charge in [-0.15, -0.1) is 0 Å². The van der Waals surface area contributed by atoms with E-state index >= 15 is 0 Å². The van der Waals surface area contributed by atoms with E-state index in [0.29, 0.717) is 11.3 Å². The minimum atomic E-state index is -3.17. The number of hydrogen-bond acceptors (Lipinski definition) is 2. The Morgan fingerprint density at radius 2 is 1.61 bits per heavy atom. The van der Waals surface area contributed by atoms with Gasteiger partial charge in [-0.25, -0.2) is 0 Å². The predicted molar refractivity (Wildman–Crippen MR) is 150 cm³/mol. The summed E-state index contributed by atoms with van der Waals surface area (Å²) in [6, 6.07) is 30.7. The van der Waals surface area contributed by atoms with E-state index in [2.05, 4.69) is 46.8 Å². The molecule has 0 aliphatic rings. The van der Waals surface area contributed by atoms with Crippen LogP contribution >= 0.6 is 0 Å². The van der Waals surface area contributed by atoms with Gasteiger partial charge in [0.15, 0.2) is 0 Å². The van der Waals surface area contributed by atoms with Crippen molar-refractivity contribution < 1.29 is 12.9 Å². The Labute approximate surface area is 217 Å². The van der Waals surface area contributed by atoms with Gasteiger partial charge in [0.1, 0.15) is 0 Å². The van der Waals surface area contributed by atoms with Gasteiger partial charge < -0.3 is 0 Å². The van der Waals surface area contributed by atoms with Crippen LogP contribution in [0.5, 0.6) is 0 Å². The van der Waals surface area contributed by atoms with Gasteiger partial charge in [-0.05, 0) is 0 Å². The molecule has 0 saturated carbocycles. The number of nitrogens with zero attached hydrogens (tertiary/aromatic N) is 1. The number of fused-ring (bicyclic) bond motifs is 3. The summed E-state index contributed by atoms with van der Waals surface area (Å²) in [5, 5.41) is 1.99. The SMILES string of the molecule is [2H]C([2H])([2H])c1cnc(-c2cccc3c2oc2cc(-c4ccccc4)ccc23)c[c]1[Ge]([CH3])([CH3])[c]1ccc(F)cc1. The quantitative estimate of drug-likeness (QED) is 0.218. The van der Waals surface area contributed by atoms with Gasteiger partial charge in [0, 0.05) is 0 Å². The van der Waals surface area contributed by atoms with E-state index in [0.717, 1.165) is 41.8 Å². The van der Waals surface area contributed by atoms with Crippen molar-refractivity contribution in [1.29, 1.82) is 0 Å². The first kappa shape index (κ1) is 19.5. The van der Waals surface area contributed by atoms with E-state index in [1.54, 1.807) is 12.1 Å². The third-order valence-electron chi connectivity index (χ3n) is 7.03. The van der Waals surface area contributed by atoms with Crippen molar-refractivity contribution in [1.82, 2.24) is 4.98 Å². The van der Waals surface area contributed by atoms with Gasteiger partial charge in [-0.1, -0.05) is 6.07 Å². The molecule has 6 aromatic rings. The van der Waals surface area contributed by atoms with Gasteiger partial charge >= 0.3 is 211 Å². The molecular formula is C32H26FGeNO. The number of rotatable bonds is 4. The van der Waals surface area contributed by atoms with Crippen molar-refractivity contribution in [2.24, 2.45) is 0 Å². The van der Waals surface area contributed by atoms with Crippen LogP contribution in [-0.4, -0.2) is 18.3 Å². The maximum atomic E-state index is 13.7. The molecule has 0 spiro atoms. The van der Waals surface area contributed by atoms with Crippen LogP contribution in [0.3, 0.4) is 0 Å². The Morgan fingerprint density at radius 1 is 0.806 bits per heavy atom. The van der Waals surface area contributed by atoms with E-state index in [1.165, 1.54) is 18.3 Å². The van der Waals surface area contributed by atoms with Crippen molar-refractivity contribution in [3.8, 4) is 22.4 Å². The van der Waals surface area contributed by atoms with Crippen LogP contribution in [0.25, 0.3) is 44.3 Å². The first-order valence-electron chi connectivity index (χ1n) is 13.4. The summed E-state index contributed by atoms with van der Waals surface area (Å²) >= 11 is -3.17. The summed E-state index contributed by atoms with van der Waals surface area (Å²) in [5.74, 6) is 3.96. The fourth-order valence-electron chi connectivity index (χ4n) is 4.95. The van der Waals surface area contributed by atoms with Gasteiger partial charge in [0.2, 0.25) is 0 Å². The molecular weight excluding hydrogens is 506 g/mol. The first-order valence-corrected chi connectivity index (χ1v) is 18.2. The molecule has 0 unspecified atom stereocenters. The molecule has 0 aliphatic carbocycles. The number of para-hydroxylation sites is 1. The fourth-order valence-corrected chi connectivity index (χ4v) is 10.3. The molecule has 2 nitrogen and oxygen atoms in total. The van der Waals surface area contributed by atoms with Crippen LogP contribution in [0.2, 0.25) is 11.5 Å². The number of benzene rings is 4. The zero-order chi connectivity index (χ0) is 27.4. The van der Waals surface area contributed by atoms with Crippen LogP contribution in [0.1, 0.15) is 9.68 Å². The minimum absolute atomic E-state index is 0.254. The predicted octanol–water partition coefficient (Wildman–Crippen LogP) is 7.59. The number of hydrogen-bond donors (Lipinski definition) is 0. The van der Waals surface area contributed by atoms with Crippen molar-refractivity contribution >= 4 is 44.0 Å². The molecule has 36 heavy (non-hydrogen) atoms. The van der Waals surface area contributed by atoms with Crippen LogP contribution in [0, 0.1) is 12.7 Å². The summed E-state index contributed by atoms with van der Waals surface area (Å²) in [5.41, 5.74) is 5.39. The van der Waals surface area contributed by atoms with Gasteiger partial charge in [0.05, 0.1) is 0 Å². The Hall–Kier alpha value is -3.70. The number of aromatic nitrogens is 1. The fraction of sp³-hybridized carbons (Fsp3) is 0.0938. The summed E-state index contributed by atoms with van der Waals surface area (Å²) in [4.78, 5) is 4.63. The second-order valence-electron chi connectivity index (χ2n) is 9.61. The number of halogens is 1. The zero-order valence-corrected chi connectivity index (χ0v) is 22.1. The summed E-state index contributed by atoms with van der Waals surface area (Å²) in [6.45, 7) is -2.32. The van der Waals surface area contributed by atoms with Crippen LogP contribution in [-0.2, 0) is 0 Å². The summed E-state index contributed by atoms with van der Waals surface area (Å²) in [6.07, 6.45) is 1.49. The molecule has 0 amide bonds. The van der Waals surface area contributed by atoms with E-state index in [4.69, 9.17) is 8.53 Å². The molecule has 0 fully saturated rings. The van der Waals surface area contributed by atoms with E-state index in [1.807, 2.05) is 42.5 Å². The van der Waals surface area contributed by atoms with Gasteiger partial charge in [-0.3, -0.25) is 0 Å². The molecule has 0 radical (unpaired) electrons. The molecule has 6 rings (SSSR count). The first-order chi connectivity index (χ1) is 18.6. The van der Waals surface area contributed by atoms with Crippen LogP contribution < -0.4 is 8.79 Å². The molecule has 0 aliphatic heterocycles. The standard InChI is InChI=1S/C32H26FGeNO/c1-21-20-35-30(19-29(21)34(2,3)25-15-13-24(33)14-16-25)28-11-7-10-27-26-17-12-23(18-31(26)36-32(27)28)22-8-5-4-6-9-22/h4-20H,1-3H3/i1D3. The Morgan fingerprint density at radius 3 is 2.39 bits per heavy atom. The second kappa shape index (κ2) is 8.75. The molecule has 0 N–H and O–H groups in total.